The van der Waals surface area contributed by atoms with E-state index >= 15 is 0 Å². The van der Waals surface area contributed by atoms with Gasteiger partial charge in [-0.15, -0.1) is 0 Å². The van der Waals surface area contributed by atoms with Crippen LogP contribution in [0.2, 0.25) is 0 Å². The van der Waals surface area contributed by atoms with Crippen LogP contribution in [0.5, 0.6) is 17.2 Å². The van der Waals surface area contributed by atoms with Crippen molar-refractivity contribution in [3.63, 3.8) is 0 Å². The van der Waals surface area contributed by atoms with Crippen molar-refractivity contribution in [2.45, 2.75) is 12.3 Å². The molecule has 0 aromatic heterocycles. The number of ether oxygens (including phenoxy) is 3. The Balaban J connectivity index is 1.47. The highest BCUT2D eigenvalue weighted by molar-refractivity contribution is 5.46. The molecule has 2 aliphatic rings. The fourth-order valence-electron chi connectivity index (χ4n) is 3.70. The van der Waals surface area contributed by atoms with Gasteiger partial charge in [-0.3, -0.25) is 0 Å². The molecule has 1 saturated heterocycles. The van der Waals surface area contributed by atoms with Crippen molar-refractivity contribution in [3.05, 3.63) is 53.8 Å². The summed E-state index contributed by atoms with van der Waals surface area (Å²) in [6.07, 6.45) is 1.05. The van der Waals surface area contributed by atoms with Crippen molar-refractivity contribution < 1.29 is 18.6 Å². The molecule has 0 radical (unpaired) electrons. The van der Waals surface area contributed by atoms with E-state index < -0.39 is 0 Å². The van der Waals surface area contributed by atoms with E-state index in [1.165, 1.54) is 5.56 Å². The standard InChI is InChI=1S/C20H22FNO3/c1-22-9-8-18(14-2-4-16(21)5-3-14)15(11-22)12-23-17-6-7-19-20(10-17)25-13-24-19/h2-7,10,15,18H,8-9,11-13H2,1H3/t15-,18?/m1/s1. The first kappa shape index (κ1) is 16.2. The normalized spacial score (nSPS) is 22.8. The molecule has 5 heteroatoms. The molecule has 2 aromatic carbocycles. The minimum absolute atomic E-state index is 0.190. The summed E-state index contributed by atoms with van der Waals surface area (Å²) in [5.74, 6) is 2.82. The summed E-state index contributed by atoms with van der Waals surface area (Å²) in [5, 5.41) is 0. The van der Waals surface area contributed by atoms with Crippen molar-refractivity contribution in [2.75, 3.05) is 33.5 Å². The van der Waals surface area contributed by atoms with E-state index in [9.17, 15) is 4.39 Å². The number of benzene rings is 2. The Morgan fingerprint density at radius 2 is 1.92 bits per heavy atom. The molecule has 2 heterocycles. The Morgan fingerprint density at radius 3 is 2.76 bits per heavy atom. The molecule has 0 spiro atoms. The summed E-state index contributed by atoms with van der Waals surface area (Å²) in [6, 6.07) is 12.6. The molecule has 1 unspecified atom stereocenters. The molecule has 4 nitrogen and oxygen atoms in total. The Morgan fingerprint density at radius 1 is 1.12 bits per heavy atom. The van der Waals surface area contributed by atoms with Crippen LogP contribution in [-0.4, -0.2) is 38.4 Å². The zero-order valence-corrected chi connectivity index (χ0v) is 14.3. The largest absolute Gasteiger partial charge is 0.493 e. The average molecular weight is 343 g/mol. The molecule has 0 amide bonds. The summed E-state index contributed by atoms with van der Waals surface area (Å²) in [6.45, 7) is 2.89. The second-order valence-electron chi connectivity index (χ2n) is 6.80. The predicted molar refractivity (Wildman–Crippen MR) is 92.8 cm³/mol. The lowest BCUT2D eigenvalue weighted by molar-refractivity contribution is 0.129. The third kappa shape index (κ3) is 3.56. The lowest BCUT2D eigenvalue weighted by atomic mass is 9.81. The maximum absolute atomic E-state index is 13.2. The first-order chi connectivity index (χ1) is 12.2. The smallest absolute Gasteiger partial charge is 0.231 e. The van der Waals surface area contributed by atoms with Gasteiger partial charge < -0.3 is 19.1 Å². The van der Waals surface area contributed by atoms with E-state index in [1.54, 1.807) is 12.1 Å². The van der Waals surface area contributed by atoms with Gasteiger partial charge in [-0.1, -0.05) is 12.1 Å². The maximum atomic E-state index is 13.2. The van der Waals surface area contributed by atoms with E-state index in [1.807, 2.05) is 30.3 Å². The predicted octanol–water partition coefficient (Wildman–Crippen LogP) is 3.67. The lowest BCUT2D eigenvalue weighted by Crippen LogP contribution is -2.39. The molecule has 1 fully saturated rings. The molecule has 2 atom stereocenters. The quantitative estimate of drug-likeness (QED) is 0.848. The van der Waals surface area contributed by atoms with E-state index in [0.717, 1.165) is 36.8 Å². The fraction of sp³-hybridized carbons (Fsp3) is 0.400. The average Bonchev–Trinajstić information content (AvgIpc) is 3.09. The van der Waals surface area contributed by atoms with Gasteiger partial charge in [0.05, 0.1) is 6.61 Å². The summed E-state index contributed by atoms with van der Waals surface area (Å²) in [5.41, 5.74) is 1.19. The van der Waals surface area contributed by atoms with Crippen molar-refractivity contribution >= 4 is 0 Å². The Kier molecular flexibility index (Phi) is 4.49. The van der Waals surface area contributed by atoms with Gasteiger partial charge in [0.25, 0.3) is 0 Å². The first-order valence-corrected chi connectivity index (χ1v) is 8.65. The fourth-order valence-corrected chi connectivity index (χ4v) is 3.70. The third-order valence-electron chi connectivity index (χ3n) is 5.04. The van der Waals surface area contributed by atoms with E-state index in [4.69, 9.17) is 14.2 Å². The van der Waals surface area contributed by atoms with Crippen molar-refractivity contribution in [3.8, 4) is 17.2 Å². The number of halogens is 1. The zero-order valence-electron chi connectivity index (χ0n) is 14.3. The summed E-state index contributed by atoms with van der Waals surface area (Å²) in [7, 11) is 2.13. The van der Waals surface area contributed by atoms with Crippen LogP contribution < -0.4 is 14.2 Å². The number of nitrogens with zero attached hydrogens (tertiary/aromatic N) is 1. The Labute approximate surface area is 147 Å². The van der Waals surface area contributed by atoms with Crippen LogP contribution in [0.1, 0.15) is 17.9 Å². The number of fused-ring (bicyclic) bond motifs is 1. The van der Waals surface area contributed by atoms with Gasteiger partial charge in [-0.2, -0.15) is 0 Å². The van der Waals surface area contributed by atoms with Crippen LogP contribution in [0.15, 0.2) is 42.5 Å². The van der Waals surface area contributed by atoms with Crippen LogP contribution >= 0.6 is 0 Å². The van der Waals surface area contributed by atoms with Gasteiger partial charge in [-0.25, -0.2) is 4.39 Å². The summed E-state index contributed by atoms with van der Waals surface area (Å²) >= 11 is 0. The second-order valence-corrected chi connectivity index (χ2v) is 6.80. The first-order valence-electron chi connectivity index (χ1n) is 8.65. The number of piperidine rings is 1. The van der Waals surface area contributed by atoms with Gasteiger partial charge in [0.2, 0.25) is 6.79 Å². The minimum Gasteiger partial charge on any atom is -0.493 e. The molecule has 25 heavy (non-hydrogen) atoms. The van der Waals surface area contributed by atoms with Crippen molar-refractivity contribution in [1.29, 1.82) is 0 Å². The van der Waals surface area contributed by atoms with Gasteiger partial charge >= 0.3 is 0 Å². The Bertz CT molecular complexity index is 734. The number of hydrogen-bond donors (Lipinski definition) is 0. The van der Waals surface area contributed by atoms with Gasteiger partial charge in [-0.05, 0) is 55.8 Å². The van der Waals surface area contributed by atoms with E-state index in [-0.39, 0.29) is 12.6 Å². The van der Waals surface area contributed by atoms with Gasteiger partial charge in [0.15, 0.2) is 11.5 Å². The minimum atomic E-state index is -0.190. The SMILES string of the molecule is CN1CCC(c2ccc(F)cc2)[C@@H](COc2ccc3c(c2)OCO3)C1. The molecule has 4 rings (SSSR count). The maximum Gasteiger partial charge on any atom is 0.231 e. The number of rotatable bonds is 4. The van der Waals surface area contributed by atoms with Crippen LogP contribution in [-0.2, 0) is 0 Å². The zero-order chi connectivity index (χ0) is 17.2. The van der Waals surface area contributed by atoms with Gasteiger partial charge in [0.1, 0.15) is 11.6 Å². The molecule has 0 aliphatic carbocycles. The van der Waals surface area contributed by atoms with Crippen LogP contribution in [0, 0.1) is 11.7 Å². The second kappa shape index (κ2) is 6.92. The van der Waals surface area contributed by atoms with Crippen molar-refractivity contribution in [1.82, 2.24) is 4.90 Å². The third-order valence-corrected chi connectivity index (χ3v) is 5.04. The van der Waals surface area contributed by atoms with Crippen LogP contribution in [0.25, 0.3) is 0 Å². The molecule has 2 aromatic rings. The van der Waals surface area contributed by atoms with Crippen LogP contribution in [0.4, 0.5) is 4.39 Å². The van der Waals surface area contributed by atoms with Gasteiger partial charge in [0, 0.05) is 18.5 Å². The number of hydrogen-bond acceptors (Lipinski definition) is 4. The lowest BCUT2D eigenvalue weighted by Gasteiger charge is -2.37. The highest BCUT2D eigenvalue weighted by atomic mass is 19.1. The van der Waals surface area contributed by atoms with E-state index in [0.29, 0.717) is 18.4 Å². The Hall–Kier alpha value is -2.27. The number of likely N-dealkylation sites (tertiary alicyclic amines) is 1. The molecular weight excluding hydrogens is 321 g/mol. The monoisotopic (exact) mass is 343 g/mol. The molecule has 0 N–H and O–H groups in total. The molecule has 2 aliphatic heterocycles. The van der Waals surface area contributed by atoms with Crippen LogP contribution in [0.3, 0.4) is 0 Å². The molecule has 0 saturated carbocycles. The van der Waals surface area contributed by atoms with Crippen molar-refractivity contribution in [2.24, 2.45) is 5.92 Å². The highest BCUT2D eigenvalue weighted by Crippen LogP contribution is 2.37. The molecule has 132 valence electrons. The molecular formula is C20H22FNO3. The highest BCUT2D eigenvalue weighted by Gasteiger charge is 2.29. The summed E-state index contributed by atoms with van der Waals surface area (Å²) in [4.78, 5) is 2.33. The van der Waals surface area contributed by atoms with E-state index in [2.05, 4.69) is 11.9 Å². The summed E-state index contributed by atoms with van der Waals surface area (Å²) < 4.78 is 30.0. The molecule has 0 bridgehead atoms. The topological polar surface area (TPSA) is 30.9 Å².